The van der Waals surface area contributed by atoms with Gasteiger partial charge in [0.05, 0.1) is 0 Å². The maximum atomic E-state index is 6.00. The lowest BCUT2D eigenvalue weighted by molar-refractivity contribution is 0.298. The molecule has 0 aliphatic carbocycles. The largest absolute Gasteiger partial charge is 0.489 e. The molecule has 0 saturated heterocycles. The molecule has 0 saturated carbocycles. The van der Waals surface area contributed by atoms with Crippen molar-refractivity contribution in [1.29, 1.82) is 0 Å². The summed E-state index contributed by atoms with van der Waals surface area (Å²) in [4.78, 5) is 0. The summed E-state index contributed by atoms with van der Waals surface area (Å²) in [5.74, 6) is 0.919. The van der Waals surface area contributed by atoms with E-state index in [-0.39, 0.29) is 5.41 Å². The number of anilines is 1. The molecule has 0 heterocycles. The Morgan fingerprint density at radius 1 is 1.10 bits per heavy atom. The molecule has 2 aromatic carbocycles. The van der Waals surface area contributed by atoms with Gasteiger partial charge in [0, 0.05) is 15.7 Å². The van der Waals surface area contributed by atoms with Gasteiger partial charge in [0.15, 0.2) is 0 Å². The quantitative estimate of drug-likeness (QED) is 0.810. The highest BCUT2D eigenvalue weighted by molar-refractivity contribution is 9.10. The third kappa shape index (κ3) is 3.54. The third-order valence-corrected chi connectivity index (χ3v) is 3.68. The van der Waals surface area contributed by atoms with Crippen molar-refractivity contribution in [2.45, 2.75) is 32.8 Å². The van der Waals surface area contributed by atoms with E-state index in [0.29, 0.717) is 6.61 Å². The highest BCUT2D eigenvalue weighted by atomic mass is 79.9. The molecular weight excluding hydrogens is 314 g/mol. The molecule has 2 rings (SSSR count). The summed E-state index contributed by atoms with van der Waals surface area (Å²) in [6, 6.07) is 14.0. The Hall–Kier alpha value is -1.48. The van der Waals surface area contributed by atoms with Crippen LogP contribution in [0.2, 0.25) is 0 Å². The molecule has 2 aromatic rings. The fraction of sp³-hybridized carbons (Fsp3) is 0.294. The molecular formula is C17H20BrNO. The maximum absolute atomic E-state index is 6.00. The molecule has 106 valence electrons. The molecule has 20 heavy (non-hydrogen) atoms. The molecule has 0 amide bonds. The van der Waals surface area contributed by atoms with Gasteiger partial charge in [0.25, 0.3) is 0 Å². The van der Waals surface area contributed by atoms with E-state index in [1.807, 2.05) is 36.4 Å². The zero-order valence-corrected chi connectivity index (χ0v) is 13.7. The Morgan fingerprint density at radius 2 is 1.80 bits per heavy atom. The number of hydrogen-bond donors (Lipinski definition) is 1. The molecule has 0 aromatic heterocycles. The van der Waals surface area contributed by atoms with Gasteiger partial charge in [-0.05, 0) is 29.2 Å². The molecule has 2 nitrogen and oxygen atoms in total. The highest BCUT2D eigenvalue weighted by Crippen LogP contribution is 2.31. The van der Waals surface area contributed by atoms with Crippen molar-refractivity contribution in [3.8, 4) is 5.75 Å². The Balaban J connectivity index is 2.19. The number of hydrogen-bond acceptors (Lipinski definition) is 2. The van der Waals surface area contributed by atoms with Crippen LogP contribution in [0.1, 0.15) is 31.9 Å². The lowest BCUT2D eigenvalue weighted by Gasteiger charge is -2.22. The number of nitrogen functional groups attached to an aromatic ring is 1. The van der Waals surface area contributed by atoms with Gasteiger partial charge in [-0.2, -0.15) is 0 Å². The monoisotopic (exact) mass is 333 g/mol. The molecule has 0 bridgehead atoms. The standard InChI is InChI=1S/C17H20BrNO/c1-17(2,3)14-6-4-5-7-16(14)20-11-12-8-9-13(18)10-15(12)19/h4-10H,11,19H2,1-3H3. The van der Waals surface area contributed by atoms with Gasteiger partial charge >= 0.3 is 0 Å². The van der Waals surface area contributed by atoms with Gasteiger partial charge in [-0.25, -0.2) is 0 Å². The summed E-state index contributed by atoms with van der Waals surface area (Å²) < 4.78 is 6.96. The number of para-hydroxylation sites is 1. The first-order valence-corrected chi connectivity index (χ1v) is 7.43. The van der Waals surface area contributed by atoms with E-state index in [1.165, 1.54) is 5.56 Å². The van der Waals surface area contributed by atoms with Crippen LogP contribution in [-0.2, 0) is 12.0 Å². The van der Waals surface area contributed by atoms with E-state index in [1.54, 1.807) is 0 Å². The van der Waals surface area contributed by atoms with E-state index < -0.39 is 0 Å². The van der Waals surface area contributed by atoms with Crippen molar-refractivity contribution < 1.29 is 4.74 Å². The lowest BCUT2D eigenvalue weighted by Crippen LogP contribution is -2.13. The van der Waals surface area contributed by atoms with Gasteiger partial charge in [0.1, 0.15) is 12.4 Å². The van der Waals surface area contributed by atoms with Crippen molar-refractivity contribution >= 4 is 21.6 Å². The first-order valence-electron chi connectivity index (χ1n) is 6.64. The molecule has 0 aliphatic rings. The minimum absolute atomic E-state index is 0.0574. The maximum Gasteiger partial charge on any atom is 0.123 e. The molecule has 0 unspecified atom stereocenters. The van der Waals surface area contributed by atoms with E-state index in [4.69, 9.17) is 10.5 Å². The van der Waals surface area contributed by atoms with Gasteiger partial charge in [-0.15, -0.1) is 0 Å². The second kappa shape index (κ2) is 5.88. The van der Waals surface area contributed by atoms with Crippen LogP contribution in [0.3, 0.4) is 0 Å². The van der Waals surface area contributed by atoms with Crippen molar-refractivity contribution in [3.05, 3.63) is 58.1 Å². The molecule has 0 atom stereocenters. The fourth-order valence-corrected chi connectivity index (χ4v) is 2.44. The fourth-order valence-electron chi connectivity index (χ4n) is 2.06. The zero-order chi connectivity index (χ0) is 14.8. The van der Waals surface area contributed by atoms with Gasteiger partial charge in [-0.3, -0.25) is 0 Å². The van der Waals surface area contributed by atoms with Crippen LogP contribution in [0.4, 0.5) is 5.69 Å². The van der Waals surface area contributed by atoms with Crippen LogP contribution in [0, 0.1) is 0 Å². The van der Waals surface area contributed by atoms with E-state index in [9.17, 15) is 0 Å². The lowest BCUT2D eigenvalue weighted by atomic mass is 9.86. The topological polar surface area (TPSA) is 35.2 Å². The highest BCUT2D eigenvalue weighted by Gasteiger charge is 2.18. The Bertz CT molecular complexity index is 602. The van der Waals surface area contributed by atoms with Crippen LogP contribution in [0.5, 0.6) is 5.75 Å². The summed E-state index contributed by atoms with van der Waals surface area (Å²) >= 11 is 3.41. The SMILES string of the molecule is CC(C)(C)c1ccccc1OCc1ccc(Br)cc1N. The molecule has 0 radical (unpaired) electrons. The van der Waals surface area contributed by atoms with E-state index in [2.05, 4.69) is 42.8 Å². The smallest absolute Gasteiger partial charge is 0.123 e. The normalized spacial score (nSPS) is 11.4. The molecule has 0 spiro atoms. The van der Waals surface area contributed by atoms with Gasteiger partial charge < -0.3 is 10.5 Å². The van der Waals surface area contributed by atoms with Crippen LogP contribution < -0.4 is 10.5 Å². The van der Waals surface area contributed by atoms with Crippen LogP contribution in [0.15, 0.2) is 46.9 Å². The number of benzene rings is 2. The number of nitrogens with two attached hydrogens (primary N) is 1. The van der Waals surface area contributed by atoms with Crippen LogP contribution in [-0.4, -0.2) is 0 Å². The molecule has 2 N–H and O–H groups in total. The average Bonchev–Trinajstić information content (AvgIpc) is 2.37. The predicted molar refractivity (Wildman–Crippen MR) is 88.0 cm³/mol. The van der Waals surface area contributed by atoms with Crippen LogP contribution in [0.25, 0.3) is 0 Å². The van der Waals surface area contributed by atoms with Crippen LogP contribution >= 0.6 is 15.9 Å². The Labute approximate surface area is 129 Å². The Morgan fingerprint density at radius 3 is 2.45 bits per heavy atom. The van der Waals surface area contributed by atoms with Gasteiger partial charge in [-0.1, -0.05) is 61.0 Å². The third-order valence-electron chi connectivity index (χ3n) is 3.19. The van der Waals surface area contributed by atoms with E-state index >= 15 is 0 Å². The minimum Gasteiger partial charge on any atom is -0.489 e. The van der Waals surface area contributed by atoms with Crippen molar-refractivity contribution in [2.24, 2.45) is 0 Å². The Kier molecular flexibility index (Phi) is 4.39. The van der Waals surface area contributed by atoms with E-state index in [0.717, 1.165) is 21.5 Å². The number of ether oxygens (including phenoxy) is 1. The second-order valence-electron chi connectivity index (χ2n) is 5.88. The zero-order valence-electron chi connectivity index (χ0n) is 12.1. The molecule has 0 aliphatic heterocycles. The number of halogens is 1. The van der Waals surface area contributed by atoms with Gasteiger partial charge in [0.2, 0.25) is 0 Å². The predicted octanol–water partition coefficient (Wildman–Crippen LogP) is 4.91. The first-order chi connectivity index (χ1) is 9.38. The summed E-state index contributed by atoms with van der Waals surface area (Å²) in [7, 11) is 0. The summed E-state index contributed by atoms with van der Waals surface area (Å²) in [6.45, 7) is 7.03. The summed E-state index contributed by atoms with van der Waals surface area (Å²) in [5, 5.41) is 0. The van der Waals surface area contributed by atoms with Crippen molar-refractivity contribution in [2.75, 3.05) is 5.73 Å². The second-order valence-corrected chi connectivity index (χ2v) is 6.79. The van der Waals surface area contributed by atoms with Crippen molar-refractivity contribution in [3.63, 3.8) is 0 Å². The average molecular weight is 334 g/mol. The van der Waals surface area contributed by atoms with Crippen molar-refractivity contribution in [1.82, 2.24) is 0 Å². The molecule has 3 heteroatoms. The molecule has 0 fully saturated rings. The summed E-state index contributed by atoms with van der Waals surface area (Å²) in [6.07, 6.45) is 0. The minimum atomic E-state index is 0.0574. The number of rotatable bonds is 3. The first kappa shape index (κ1) is 14.9. The summed E-state index contributed by atoms with van der Waals surface area (Å²) in [5.41, 5.74) is 9.00.